The Labute approximate surface area is 296 Å². The molecule has 1 unspecified atom stereocenters. The van der Waals surface area contributed by atoms with Gasteiger partial charge in [0.05, 0.1) is 5.52 Å². The van der Waals surface area contributed by atoms with Crippen molar-refractivity contribution in [2.24, 2.45) is 11.3 Å². The van der Waals surface area contributed by atoms with Crippen molar-refractivity contribution >= 4 is 56.2 Å². The molecule has 2 aliphatic heterocycles. The summed E-state index contributed by atoms with van der Waals surface area (Å²) in [6.07, 6.45) is 8.28. The van der Waals surface area contributed by atoms with Crippen LogP contribution < -0.4 is 10.6 Å². The van der Waals surface area contributed by atoms with E-state index in [0.717, 1.165) is 42.4 Å². The molecule has 1 saturated heterocycles. The lowest BCUT2D eigenvalue weighted by atomic mass is 9.95. The third kappa shape index (κ3) is 6.18. The summed E-state index contributed by atoms with van der Waals surface area (Å²) in [6, 6.07) is 5.35. The molecule has 260 valence electrons. The van der Waals surface area contributed by atoms with Crippen molar-refractivity contribution in [3.8, 4) is 11.1 Å². The van der Waals surface area contributed by atoms with Gasteiger partial charge in [-0.1, -0.05) is 19.8 Å². The molecule has 2 bridgehead atoms. The Morgan fingerprint density at radius 2 is 1.80 bits per heavy atom. The van der Waals surface area contributed by atoms with Crippen molar-refractivity contribution in [3.63, 3.8) is 0 Å². The Kier molecular flexibility index (Phi) is 8.99. The van der Waals surface area contributed by atoms with Crippen LogP contribution in [-0.2, 0) is 27.3 Å². The Balaban J connectivity index is 1.30. The van der Waals surface area contributed by atoms with Gasteiger partial charge >= 0.3 is 0 Å². The van der Waals surface area contributed by atoms with Gasteiger partial charge in [0.2, 0.25) is 17.7 Å². The van der Waals surface area contributed by atoms with Gasteiger partial charge in [-0.3, -0.25) is 23.9 Å². The Morgan fingerprint density at radius 3 is 2.52 bits per heavy atom. The molecular formula is C36H38BrFN8O4. The number of aromatic nitrogens is 5. The number of amides is 3. The number of carbonyl (C=O) groups excluding carboxylic acids is 4. The molecule has 2 fully saturated rings. The van der Waals surface area contributed by atoms with Crippen molar-refractivity contribution in [2.45, 2.75) is 84.3 Å². The van der Waals surface area contributed by atoms with Crippen LogP contribution >= 0.6 is 15.9 Å². The quantitative estimate of drug-likeness (QED) is 0.215. The highest BCUT2D eigenvalue weighted by Gasteiger charge is 2.72. The highest BCUT2D eigenvalue weighted by atomic mass is 79.9. The van der Waals surface area contributed by atoms with E-state index in [9.17, 15) is 23.6 Å². The van der Waals surface area contributed by atoms with Gasteiger partial charge in [-0.2, -0.15) is 5.10 Å². The molecule has 4 atom stereocenters. The number of hydrogen-bond donors (Lipinski definition) is 2. The maximum Gasteiger partial charge on any atom is 0.248 e. The van der Waals surface area contributed by atoms with Crippen LogP contribution in [0.5, 0.6) is 0 Å². The molecule has 7 rings (SSSR count). The molecule has 1 aliphatic carbocycles. The molecule has 3 aromatic heterocycles. The third-order valence-corrected chi connectivity index (χ3v) is 11.1. The van der Waals surface area contributed by atoms with E-state index < -0.39 is 23.2 Å². The predicted octanol–water partition coefficient (Wildman–Crippen LogP) is 5.17. The minimum atomic E-state index is -0.869. The summed E-state index contributed by atoms with van der Waals surface area (Å²) in [5.74, 6) is -0.799. The molecule has 14 heteroatoms. The Bertz CT molecular complexity index is 2030. The summed E-state index contributed by atoms with van der Waals surface area (Å²) in [7, 11) is 0. The number of benzene rings is 1. The van der Waals surface area contributed by atoms with Gasteiger partial charge in [0.15, 0.2) is 11.6 Å². The minimum Gasteiger partial charge on any atom is -0.355 e. The molecular weight excluding hydrogens is 707 g/mol. The van der Waals surface area contributed by atoms with Crippen LogP contribution in [0.25, 0.3) is 22.0 Å². The van der Waals surface area contributed by atoms with Gasteiger partial charge in [0.1, 0.15) is 34.5 Å². The zero-order valence-corrected chi connectivity index (χ0v) is 29.7. The number of halogens is 2. The van der Waals surface area contributed by atoms with Crippen molar-refractivity contribution in [2.75, 3.05) is 11.9 Å². The van der Waals surface area contributed by atoms with Crippen LogP contribution in [-0.4, -0.2) is 71.8 Å². The van der Waals surface area contributed by atoms with Gasteiger partial charge in [-0.25, -0.2) is 19.3 Å². The van der Waals surface area contributed by atoms with E-state index in [1.165, 1.54) is 19.1 Å². The number of Topliss-reactive ketones (excluding diaryl/α,β-unsaturated/α-hetero) is 1. The number of rotatable bonds is 4. The molecule has 12 nitrogen and oxygen atoms in total. The number of carbonyl (C=O) groups is 4. The van der Waals surface area contributed by atoms with Gasteiger partial charge in [-0.15, -0.1) is 0 Å². The maximum absolute atomic E-state index is 14.5. The molecule has 3 aliphatic rings. The van der Waals surface area contributed by atoms with Crippen LogP contribution in [0.1, 0.15) is 74.2 Å². The predicted molar refractivity (Wildman–Crippen MR) is 186 cm³/mol. The van der Waals surface area contributed by atoms with Gasteiger partial charge in [-0.05, 0) is 89.8 Å². The molecule has 50 heavy (non-hydrogen) atoms. The molecule has 4 aromatic rings. The number of piperidine rings is 1. The monoisotopic (exact) mass is 744 g/mol. The number of anilines is 1. The second-order valence-corrected chi connectivity index (χ2v) is 14.5. The molecule has 2 N–H and O–H groups in total. The minimum absolute atomic E-state index is 0.0322. The molecule has 5 heterocycles. The van der Waals surface area contributed by atoms with E-state index in [1.54, 1.807) is 22.0 Å². The zero-order valence-electron chi connectivity index (χ0n) is 28.1. The number of nitrogens with one attached hydrogen (secondary N) is 2. The average molecular weight is 746 g/mol. The number of ketones is 1. The summed E-state index contributed by atoms with van der Waals surface area (Å²) in [5, 5.41) is 11.2. The molecule has 0 radical (unpaired) electrons. The lowest BCUT2D eigenvalue weighted by molar-refractivity contribution is -0.139. The van der Waals surface area contributed by atoms with Gasteiger partial charge < -0.3 is 15.5 Å². The van der Waals surface area contributed by atoms with E-state index >= 15 is 0 Å². The summed E-state index contributed by atoms with van der Waals surface area (Å²) in [5.41, 5.74) is 3.07. The van der Waals surface area contributed by atoms with E-state index in [1.807, 2.05) is 19.9 Å². The molecule has 1 saturated carbocycles. The van der Waals surface area contributed by atoms with E-state index in [-0.39, 0.29) is 52.2 Å². The standard InChI is InChI=1S/C36H38BrFN8O4/c1-19-33-36(19)14-27(35(50)43-28-11-10-26(38)34(37)42-28)46(33)30(49)17-45-32-22(8-6-4-5-7-9-29(48)41-18-36)12-23(24-15-39-21(3)40-16-24)13-25(32)31(44-45)20(2)47/h10-13,15-16,19,27,33H,4-9,14,17-18H2,1-3H3,(H,41,48)(H,42,43,50)/t19-,27-,33?,36+/m0/s1. The van der Waals surface area contributed by atoms with Crippen LogP contribution in [0, 0.1) is 24.1 Å². The fourth-order valence-electron chi connectivity index (χ4n) is 7.93. The fraction of sp³-hybridized carbons (Fsp3) is 0.444. The number of nitrogens with zero attached hydrogens (tertiary/aromatic N) is 6. The first-order chi connectivity index (χ1) is 24.0. The van der Waals surface area contributed by atoms with Crippen molar-refractivity contribution < 1.29 is 23.6 Å². The van der Waals surface area contributed by atoms with Crippen LogP contribution in [0.3, 0.4) is 0 Å². The average Bonchev–Trinajstić information content (AvgIpc) is 3.35. The topological polar surface area (TPSA) is 152 Å². The van der Waals surface area contributed by atoms with Crippen LogP contribution in [0.2, 0.25) is 0 Å². The second-order valence-electron chi connectivity index (χ2n) is 13.7. The SMILES string of the molecule is CC(=O)c1nn2c3c(cc(-c4cnc(C)nc4)cc13)CCCCCCC(=O)NC[C@@]13C[C@@H](C(=O)Nc4ccc(F)c(Br)n4)N(C(=O)C2)C1[C@@H]3C. The van der Waals surface area contributed by atoms with E-state index in [4.69, 9.17) is 5.10 Å². The maximum atomic E-state index is 14.5. The first-order valence-electron chi connectivity index (χ1n) is 17.0. The molecule has 1 aromatic carbocycles. The van der Waals surface area contributed by atoms with Gasteiger partial charge in [0.25, 0.3) is 0 Å². The highest BCUT2D eigenvalue weighted by molar-refractivity contribution is 9.10. The Morgan fingerprint density at radius 1 is 1.06 bits per heavy atom. The van der Waals surface area contributed by atoms with Gasteiger partial charge in [0, 0.05) is 54.7 Å². The fourth-order valence-corrected chi connectivity index (χ4v) is 8.25. The summed E-state index contributed by atoms with van der Waals surface area (Å²) >= 11 is 3.06. The Hall–Kier alpha value is -4.59. The van der Waals surface area contributed by atoms with Crippen molar-refractivity contribution in [3.05, 3.63) is 64.2 Å². The number of hydrogen-bond acceptors (Lipinski definition) is 8. The lowest BCUT2D eigenvalue weighted by Gasteiger charge is -2.28. The smallest absolute Gasteiger partial charge is 0.248 e. The van der Waals surface area contributed by atoms with Crippen LogP contribution in [0.4, 0.5) is 10.2 Å². The zero-order chi connectivity index (χ0) is 35.3. The summed E-state index contributed by atoms with van der Waals surface area (Å²) in [6.45, 7) is 5.47. The first-order valence-corrected chi connectivity index (χ1v) is 17.8. The number of aryl methyl sites for hydroxylation is 2. The molecule has 0 spiro atoms. The first kappa shape index (κ1) is 33.9. The van der Waals surface area contributed by atoms with Crippen LogP contribution in [0.15, 0.2) is 41.3 Å². The molecule has 3 amide bonds. The van der Waals surface area contributed by atoms with Crippen molar-refractivity contribution in [1.29, 1.82) is 0 Å². The summed E-state index contributed by atoms with van der Waals surface area (Å²) < 4.78 is 15.5. The highest BCUT2D eigenvalue weighted by Crippen LogP contribution is 2.64. The second kappa shape index (κ2) is 13.3. The van der Waals surface area contributed by atoms with E-state index in [0.29, 0.717) is 42.5 Å². The third-order valence-electron chi connectivity index (χ3n) is 10.6. The summed E-state index contributed by atoms with van der Waals surface area (Å²) in [4.78, 5) is 68.7. The normalized spacial score (nSPS) is 24.0. The van der Waals surface area contributed by atoms with Crippen molar-refractivity contribution in [1.82, 2.24) is 34.9 Å². The largest absolute Gasteiger partial charge is 0.355 e. The number of pyridine rings is 1. The van der Waals surface area contributed by atoms with E-state index in [2.05, 4.69) is 47.6 Å². The lowest BCUT2D eigenvalue weighted by Crippen LogP contribution is -2.47.